The summed E-state index contributed by atoms with van der Waals surface area (Å²) in [6, 6.07) is 4.99. The van der Waals surface area contributed by atoms with Crippen LogP contribution in [0.2, 0.25) is 5.02 Å². The lowest BCUT2D eigenvalue weighted by atomic mass is 9.98. The first-order chi connectivity index (χ1) is 9.00. The molecule has 2 rings (SSSR count). The summed E-state index contributed by atoms with van der Waals surface area (Å²) in [6.07, 6.45) is 0.726. The normalized spacial score (nSPS) is 19.5. The van der Waals surface area contributed by atoms with E-state index in [0.29, 0.717) is 17.4 Å². The number of nitrogens with one attached hydrogen (secondary N) is 1. The Morgan fingerprint density at radius 2 is 2.26 bits per heavy atom. The molecule has 0 aliphatic carbocycles. The number of ether oxygens (including phenoxy) is 1. The van der Waals surface area contributed by atoms with Crippen molar-refractivity contribution in [2.75, 3.05) is 6.61 Å². The second kappa shape index (κ2) is 5.80. The Morgan fingerprint density at radius 1 is 1.53 bits per heavy atom. The number of carbonyl (C=O) groups is 1. The number of para-hydroxylation sites is 1. The zero-order chi connectivity index (χ0) is 14.0. The molecule has 5 heteroatoms. The van der Waals surface area contributed by atoms with Crippen LogP contribution in [0.25, 0.3) is 0 Å². The molecule has 0 bridgehead atoms. The summed E-state index contributed by atoms with van der Waals surface area (Å²) in [4.78, 5) is 12.0. The van der Waals surface area contributed by atoms with Crippen LogP contribution in [-0.4, -0.2) is 18.6 Å². The number of halogens is 1. The van der Waals surface area contributed by atoms with Gasteiger partial charge >= 0.3 is 0 Å². The lowest BCUT2D eigenvalue weighted by Gasteiger charge is -2.28. The maximum absolute atomic E-state index is 12.0. The molecule has 1 aliphatic heterocycles. The lowest BCUT2D eigenvalue weighted by molar-refractivity contribution is -0.124. The van der Waals surface area contributed by atoms with Crippen molar-refractivity contribution in [1.82, 2.24) is 5.32 Å². The van der Waals surface area contributed by atoms with Gasteiger partial charge in [0.25, 0.3) is 0 Å². The van der Waals surface area contributed by atoms with Gasteiger partial charge in [0.2, 0.25) is 5.91 Å². The summed E-state index contributed by atoms with van der Waals surface area (Å²) in [5.41, 5.74) is 6.78. The summed E-state index contributed by atoms with van der Waals surface area (Å²) in [7, 11) is 0. The van der Waals surface area contributed by atoms with Crippen molar-refractivity contribution in [3.8, 4) is 5.75 Å². The number of hydrogen-bond donors (Lipinski definition) is 2. The number of rotatable bonds is 3. The molecule has 1 heterocycles. The molecule has 4 nitrogen and oxygen atoms in total. The quantitative estimate of drug-likeness (QED) is 0.894. The second-order valence-electron chi connectivity index (χ2n) is 5.13. The van der Waals surface area contributed by atoms with E-state index in [2.05, 4.69) is 5.32 Å². The van der Waals surface area contributed by atoms with E-state index >= 15 is 0 Å². The second-order valence-corrected chi connectivity index (χ2v) is 5.53. The maximum Gasteiger partial charge on any atom is 0.237 e. The highest BCUT2D eigenvalue weighted by molar-refractivity contribution is 6.32. The number of amides is 1. The Kier molecular flexibility index (Phi) is 4.32. The van der Waals surface area contributed by atoms with Gasteiger partial charge in [0, 0.05) is 12.0 Å². The third-order valence-electron chi connectivity index (χ3n) is 3.36. The predicted molar refractivity (Wildman–Crippen MR) is 75.3 cm³/mol. The molecule has 0 fully saturated rings. The van der Waals surface area contributed by atoms with Crippen LogP contribution in [0.3, 0.4) is 0 Å². The maximum atomic E-state index is 12.0. The van der Waals surface area contributed by atoms with Gasteiger partial charge in [0.05, 0.1) is 23.7 Å². The van der Waals surface area contributed by atoms with Crippen molar-refractivity contribution >= 4 is 17.5 Å². The molecule has 1 amide bonds. The molecule has 3 N–H and O–H groups in total. The third kappa shape index (κ3) is 3.01. The largest absolute Gasteiger partial charge is 0.492 e. The monoisotopic (exact) mass is 282 g/mol. The zero-order valence-electron chi connectivity index (χ0n) is 11.2. The Balaban J connectivity index is 2.16. The standard InChI is InChI=1S/C14H19ClN2O2/c1-8(2)12(16)14(18)17-11-6-7-19-13-9(11)4-3-5-10(13)15/h3-5,8,11-12H,6-7,16H2,1-2H3,(H,17,18)/t11?,12-/m0/s1. The molecule has 0 saturated carbocycles. The number of carbonyl (C=O) groups excluding carboxylic acids is 1. The molecule has 0 spiro atoms. The van der Waals surface area contributed by atoms with Gasteiger partial charge in [-0.1, -0.05) is 37.6 Å². The lowest BCUT2D eigenvalue weighted by Crippen LogP contribution is -2.46. The van der Waals surface area contributed by atoms with Crippen LogP contribution in [0.15, 0.2) is 18.2 Å². The van der Waals surface area contributed by atoms with Crippen molar-refractivity contribution in [2.45, 2.75) is 32.4 Å². The molecule has 1 unspecified atom stereocenters. The fourth-order valence-electron chi connectivity index (χ4n) is 2.11. The number of fused-ring (bicyclic) bond motifs is 1. The topological polar surface area (TPSA) is 64.4 Å². The van der Waals surface area contributed by atoms with Gasteiger partial charge in [-0.3, -0.25) is 4.79 Å². The molecular weight excluding hydrogens is 264 g/mol. The van der Waals surface area contributed by atoms with Crippen LogP contribution in [0.1, 0.15) is 31.9 Å². The van der Waals surface area contributed by atoms with Gasteiger partial charge in [-0.05, 0) is 12.0 Å². The van der Waals surface area contributed by atoms with E-state index in [9.17, 15) is 4.79 Å². The molecule has 0 radical (unpaired) electrons. The number of benzene rings is 1. The van der Waals surface area contributed by atoms with E-state index in [1.165, 1.54) is 0 Å². The molecule has 1 aromatic rings. The summed E-state index contributed by atoms with van der Waals surface area (Å²) >= 11 is 6.09. The molecule has 0 aromatic heterocycles. The minimum absolute atomic E-state index is 0.0836. The van der Waals surface area contributed by atoms with E-state index in [1.807, 2.05) is 26.0 Å². The van der Waals surface area contributed by atoms with Crippen molar-refractivity contribution in [3.63, 3.8) is 0 Å². The van der Waals surface area contributed by atoms with Gasteiger partial charge in [-0.25, -0.2) is 0 Å². The van der Waals surface area contributed by atoms with Gasteiger partial charge in [0.15, 0.2) is 0 Å². The Hall–Kier alpha value is -1.26. The SMILES string of the molecule is CC(C)[C@H](N)C(=O)NC1CCOc2c(Cl)cccc21. The third-order valence-corrected chi connectivity index (χ3v) is 3.66. The van der Waals surface area contributed by atoms with Gasteiger partial charge in [-0.2, -0.15) is 0 Å². The van der Waals surface area contributed by atoms with Crippen LogP contribution < -0.4 is 15.8 Å². The molecule has 0 saturated heterocycles. The molecule has 104 valence electrons. The van der Waals surface area contributed by atoms with E-state index in [4.69, 9.17) is 22.1 Å². The van der Waals surface area contributed by atoms with Crippen molar-refractivity contribution < 1.29 is 9.53 Å². The van der Waals surface area contributed by atoms with Crippen molar-refractivity contribution in [2.24, 2.45) is 11.7 Å². The average molecular weight is 283 g/mol. The van der Waals surface area contributed by atoms with E-state index < -0.39 is 6.04 Å². The Labute approximate surface area is 118 Å². The van der Waals surface area contributed by atoms with E-state index in [1.54, 1.807) is 6.07 Å². The Bertz CT molecular complexity index is 477. The van der Waals surface area contributed by atoms with Gasteiger partial charge in [0.1, 0.15) is 5.75 Å². The highest BCUT2D eigenvalue weighted by atomic mass is 35.5. The molecule has 19 heavy (non-hydrogen) atoms. The fraction of sp³-hybridized carbons (Fsp3) is 0.500. The minimum atomic E-state index is -0.495. The summed E-state index contributed by atoms with van der Waals surface area (Å²) in [5.74, 6) is 0.644. The first kappa shape index (κ1) is 14.2. The molecule has 1 aliphatic rings. The zero-order valence-corrected chi connectivity index (χ0v) is 11.9. The molecule has 1 aromatic carbocycles. The summed E-state index contributed by atoms with van der Waals surface area (Å²) in [5, 5.41) is 3.55. The molecular formula is C14H19ClN2O2. The first-order valence-electron chi connectivity index (χ1n) is 6.48. The average Bonchev–Trinajstić information content (AvgIpc) is 2.39. The number of nitrogens with two attached hydrogens (primary N) is 1. The van der Waals surface area contributed by atoms with Crippen LogP contribution in [0.4, 0.5) is 0 Å². The van der Waals surface area contributed by atoms with E-state index in [0.717, 1.165) is 12.0 Å². The Morgan fingerprint density at radius 3 is 2.95 bits per heavy atom. The summed E-state index contributed by atoms with van der Waals surface area (Å²) in [6.45, 7) is 4.40. The number of hydrogen-bond acceptors (Lipinski definition) is 3. The summed E-state index contributed by atoms with van der Waals surface area (Å²) < 4.78 is 5.56. The molecule has 2 atom stereocenters. The van der Waals surface area contributed by atoms with Crippen molar-refractivity contribution in [1.29, 1.82) is 0 Å². The minimum Gasteiger partial charge on any atom is -0.492 e. The van der Waals surface area contributed by atoms with Crippen LogP contribution in [0.5, 0.6) is 5.75 Å². The van der Waals surface area contributed by atoms with Crippen molar-refractivity contribution in [3.05, 3.63) is 28.8 Å². The highest BCUT2D eigenvalue weighted by Gasteiger charge is 2.27. The van der Waals surface area contributed by atoms with Crippen LogP contribution in [-0.2, 0) is 4.79 Å². The predicted octanol–water partition coefficient (Wildman–Crippen LogP) is 2.26. The van der Waals surface area contributed by atoms with Gasteiger partial charge in [-0.15, -0.1) is 0 Å². The van der Waals surface area contributed by atoms with Crippen LogP contribution >= 0.6 is 11.6 Å². The van der Waals surface area contributed by atoms with E-state index in [-0.39, 0.29) is 17.9 Å². The first-order valence-corrected chi connectivity index (χ1v) is 6.85. The fourth-order valence-corrected chi connectivity index (χ4v) is 2.34. The van der Waals surface area contributed by atoms with Gasteiger partial charge < -0.3 is 15.8 Å². The highest BCUT2D eigenvalue weighted by Crippen LogP contribution is 2.37. The van der Waals surface area contributed by atoms with Crippen LogP contribution in [0, 0.1) is 5.92 Å². The smallest absolute Gasteiger partial charge is 0.237 e.